The van der Waals surface area contributed by atoms with E-state index >= 15 is 0 Å². The molecule has 0 unspecified atom stereocenters. The third-order valence-electron chi connectivity index (χ3n) is 2.54. The van der Waals surface area contributed by atoms with Crippen molar-refractivity contribution in [3.63, 3.8) is 0 Å². The van der Waals surface area contributed by atoms with Crippen molar-refractivity contribution in [2.45, 2.75) is 13.5 Å². The normalized spacial score (nSPS) is 10.6. The molecule has 2 N–H and O–H groups in total. The smallest absolute Gasteiger partial charge is 0.161 e. The number of nitrogen functional groups attached to an aromatic ring is 1. The largest absolute Gasteiger partial charge is 0.383 e. The molecular formula is C13H14IN3O. The molecule has 4 nitrogen and oxygen atoms in total. The third-order valence-corrected chi connectivity index (χ3v) is 3.87. The number of hydrogen-bond donors (Lipinski definition) is 1. The summed E-state index contributed by atoms with van der Waals surface area (Å²) < 4.78 is 6.03. The van der Waals surface area contributed by atoms with E-state index < -0.39 is 0 Å². The number of ether oxygens (including phenoxy) is 1. The highest BCUT2D eigenvalue weighted by atomic mass is 127. The highest BCUT2D eigenvalue weighted by Gasteiger charge is 2.08. The Morgan fingerprint density at radius 3 is 2.78 bits per heavy atom. The van der Waals surface area contributed by atoms with Gasteiger partial charge in [-0.05, 0) is 41.1 Å². The molecule has 1 heterocycles. The molecule has 0 aliphatic rings. The van der Waals surface area contributed by atoms with Crippen LogP contribution in [0, 0.1) is 10.5 Å². The molecule has 1 aromatic carbocycles. The van der Waals surface area contributed by atoms with Crippen molar-refractivity contribution < 1.29 is 4.74 Å². The lowest BCUT2D eigenvalue weighted by atomic mass is 10.1. The molecule has 0 saturated heterocycles. The summed E-state index contributed by atoms with van der Waals surface area (Å²) >= 11 is 2.15. The second kappa shape index (κ2) is 5.62. The predicted molar refractivity (Wildman–Crippen MR) is 80.0 cm³/mol. The minimum atomic E-state index is 0.523. The van der Waals surface area contributed by atoms with Gasteiger partial charge in [0.25, 0.3) is 0 Å². The number of nitrogens with zero attached hydrogens (tertiary/aromatic N) is 2. The van der Waals surface area contributed by atoms with Crippen LogP contribution in [0.1, 0.15) is 11.3 Å². The Hall–Kier alpha value is -1.21. The number of methoxy groups -OCH3 is 1. The van der Waals surface area contributed by atoms with E-state index in [2.05, 4.69) is 32.6 Å². The van der Waals surface area contributed by atoms with Crippen LogP contribution in [0.25, 0.3) is 11.4 Å². The SMILES string of the molecule is COCc1cccc(-c2nc(C)c(I)c(N)n2)c1. The molecule has 2 rings (SSSR count). The van der Waals surface area contributed by atoms with Gasteiger partial charge in [0, 0.05) is 12.7 Å². The summed E-state index contributed by atoms with van der Waals surface area (Å²) in [6.07, 6.45) is 0. The molecule has 0 spiro atoms. The van der Waals surface area contributed by atoms with Crippen LogP contribution in [0.4, 0.5) is 5.82 Å². The number of hydrogen-bond acceptors (Lipinski definition) is 4. The molecule has 0 aliphatic heterocycles. The minimum absolute atomic E-state index is 0.523. The quantitative estimate of drug-likeness (QED) is 0.861. The second-order valence-electron chi connectivity index (χ2n) is 3.97. The molecule has 0 bridgehead atoms. The van der Waals surface area contributed by atoms with Crippen LogP contribution in [0.15, 0.2) is 24.3 Å². The van der Waals surface area contributed by atoms with Gasteiger partial charge in [-0.3, -0.25) is 0 Å². The van der Waals surface area contributed by atoms with E-state index in [9.17, 15) is 0 Å². The Morgan fingerprint density at radius 1 is 1.33 bits per heavy atom. The first kappa shape index (κ1) is 13.2. The molecule has 0 fully saturated rings. The number of benzene rings is 1. The van der Waals surface area contributed by atoms with Crippen molar-refractivity contribution >= 4 is 28.4 Å². The molecule has 0 saturated carbocycles. The summed E-state index contributed by atoms with van der Waals surface area (Å²) in [5, 5.41) is 0. The lowest BCUT2D eigenvalue weighted by Gasteiger charge is -2.07. The van der Waals surface area contributed by atoms with Crippen molar-refractivity contribution in [2.24, 2.45) is 0 Å². The third kappa shape index (κ3) is 2.78. The fourth-order valence-corrected chi connectivity index (χ4v) is 1.92. The van der Waals surface area contributed by atoms with Gasteiger partial charge in [-0.15, -0.1) is 0 Å². The van der Waals surface area contributed by atoms with Crippen LogP contribution in [-0.2, 0) is 11.3 Å². The molecule has 94 valence electrons. The number of anilines is 1. The number of halogens is 1. The maximum Gasteiger partial charge on any atom is 0.161 e. The molecule has 18 heavy (non-hydrogen) atoms. The lowest BCUT2D eigenvalue weighted by molar-refractivity contribution is 0.185. The average Bonchev–Trinajstić information content (AvgIpc) is 2.36. The maximum absolute atomic E-state index is 5.87. The van der Waals surface area contributed by atoms with E-state index in [1.165, 1.54) is 0 Å². The molecule has 0 radical (unpaired) electrons. The van der Waals surface area contributed by atoms with Crippen LogP contribution >= 0.6 is 22.6 Å². The summed E-state index contributed by atoms with van der Waals surface area (Å²) in [4.78, 5) is 8.79. The highest BCUT2D eigenvalue weighted by Crippen LogP contribution is 2.22. The second-order valence-corrected chi connectivity index (χ2v) is 5.04. The Balaban J connectivity index is 2.45. The van der Waals surface area contributed by atoms with E-state index in [4.69, 9.17) is 10.5 Å². The number of aromatic nitrogens is 2. The van der Waals surface area contributed by atoms with E-state index in [1.54, 1.807) is 7.11 Å². The first-order chi connectivity index (χ1) is 8.61. The summed E-state index contributed by atoms with van der Waals surface area (Å²) in [7, 11) is 1.68. The van der Waals surface area contributed by atoms with E-state index in [1.807, 2.05) is 31.2 Å². The van der Waals surface area contributed by atoms with Gasteiger partial charge >= 0.3 is 0 Å². The zero-order chi connectivity index (χ0) is 13.1. The molecular weight excluding hydrogens is 341 g/mol. The first-order valence-corrected chi connectivity index (χ1v) is 6.57. The van der Waals surface area contributed by atoms with Crippen molar-refractivity contribution in [1.29, 1.82) is 0 Å². The Labute approximate surface area is 120 Å². The van der Waals surface area contributed by atoms with Crippen molar-refractivity contribution in [3.8, 4) is 11.4 Å². The number of rotatable bonds is 3. The van der Waals surface area contributed by atoms with E-state index in [0.29, 0.717) is 18.2 Å². The molecule has 0 aliphatic carbocycles. The van der Waals surface area contributed by atoms with Gasteiger partial charge in [0.2, 0.25) is 0 Å². The Kier molecular flexibility index (Phi) is 4.13. The van der Waals surface area contributed by atoms with Gasteiger partial charge in [0.15, 0.2) is 5.82 Å². The molecule has 0 atom stereocenters. The summed E-state index contributed by atoms with van der Waals surface area (Å²) in [5.41, 5.74) is 8.82. The average molecular weight is 355 g/mol. The van der Waals surface area contributed by atoms with Crippen molar-refractivity contribution in [3.05, 3.63) is 39.1 Å². The predicted octanol–water partition coefficient (Wildman–Crippen LogP) is 2.79. The zero-order valence-electron chi connectivity index (χ0n) is 10.3. The van der Waals surface area contributed by atoms with E-state index in [0.717, 1.165) is 20.4 Å². The number of nitrogens with two attached hydrogens (primary N) is 1. The molecule has 0 amide bonds. The highest BCUT2D eigenvalue weighted by molar-refractivity contribution is 14.1. The van der Waals surface area contributed by atoms with Gasteiger partial charge in [-0.25, -0.2) is 9.97 Å². The minimum Gasteiger partial charge on any atom is -0.383 e. The van der Waals surface area contributed by atoms with Gasteiger partial charge < -0.3 is 10.5 Å². The topological polar surface area (TPSA) is 61.0 Å². The van der Waals surface area contributed by atoms with E-state index in [-0.39, 0.29) is 0 Å². The van der Waals surface area contributed by atoms with Gasteiger partial charge in [0.05, 0.1) is 15.9 Å². The summed E-state index contributed by atoms with van der Waals surface area (Å²) in [5.74, 6) is 1.18. The summed E-state index contributed by atoms with van der Waals surface area (Å²) in [6, 6.07) is 7.97. The van der Waals surface area contributed by atoms with Gasteiger partial charge in [0.1, 0.15) is 5.82 Å². The Morgan fingerprint density at radius 2 is 2.11 bits per heavy atom. The fraction of sp³-hybridized carbons (Fsp3) is 0.231. The monoisotopic (exact) mass is 355 g/mol. The van der Waals surface area contributed by atoms with Crippen LogP contribution in [0.5, 0.6) is 0 Å². The van der Waals surface area contributed by atoms with Gasteiger partial charge in [-0.2, -0.15) is 0 Å². The first-order valence-electron chi connectivity index (χ1n) is 5.49. The van der Waals surface area contributed by atoms with Crippen LogP contribution in [0.3, 0.4) is 0 Å². The van der Waals surface area contributed by atoms with Crippen molar-refractivity contribution in [2.75, 3.05) is 12.8 Å². The Bertz CT molecular complexity index is 549. The fourth-order valence-electron chi connectivity index (χ4n) is 1.68. The lowest BCUT2D eigenvalue weighted by Crippen LogP contribution is -2.02. The maximum atomic E-state index is 5.87. The zero-order valence-corrected chi connectivity index (χ0v) is 12.4. The van der Waals surface area contributed by atoms with Crippen LogP contribution in [-0.4, -0.2) is 17.1 Å². The molecule has 5 heteroatoms. The standard InChI is InChI=1S/C13H14IN3O/c1-8-11(14)12(15)17-13(16-8)10-5-3-4-9(6-10)7-18-2/h3-6H,7H2,1-2H3,(H2,15,16,17). The van der Waals surface area contributed by atoms with Crippen LogP contribution in [0.2, 0.25) is 0 Å². The van der Waals surface area contributed by atoms with Crippen LogP contribution < -0.4 is 5.73 Å². The molecule has 1 aromatic heterocycles. The molecule has 2 aromatic rings. The number of aryl methyl sites for hydroxylation is 1. The van der Waals surface area contributed by atoms with Crippen molar-refractivity contribution in [1.82, 2.24) is 9.97 Å². The van der Waals surface area contributed by atoms with Gasteiger partial charge in [-0.1, -0.05) is 18.2 Å². The summed E-state index contributed by atoms with van der Waals surface area (Å²) in [6.45, 7) is 2.51.